The van der Waals surface area contributed by atoms with Gasteiger partial charge in [-0.1, -0.05) is 18.2 Å². The summed E-state index contributed by atoms with van der Waals surface area (Å²) in [6.45, 7) is 0.713. The molecular formula is C17H20O3. The van der Waals surface area contributed by atoms with E-state index in [1.807, 2.05) is 18.2 Å². The third-order valence-corrected chi connectivity index (χ3v) is 5.55. The van der Waals surface area contributed by atoms with Gasteiger partial charge in [0.2, 0.25) is 0 Å². The SMILES string of the molecule is O=C(O)C1(CC2CCOc3ccccc32)CC2CC2C1. The highest BCUT2D eigenvalue weighted by Gasteiger charge is 2.58. The van der Waals surface area contributed by atoms with Gasteiger partial charge >= 0.3 is 5.97 Å². The number of carbonyl (C=O) groups is 1. The van der Waals surface area contributed by atoms with Crippen LogP contribution in [-0.2, 0) is 4.79 Å². The van der Waals surface area contributed by atoms with Gasteiger partial charge in [0.15, 0.2) is 0 Å². The Morgan fingerprint density at radius 2 is 2.05 bits per heavy atom. The molecule has 1 heterocycles. The van der Waals surface area contributed by atoms with Gasteiger partial charge in [-0.25, -0.2) is 0 Å². The van der Waals surface area contributed by atoms with Crippen LogP contribution in [0.2, 0.25) is 0 Å². The third-order valence-electron chi connectivity index (χ3n) is 5.55. The molecule has 3 heteroatoms. The Balaban J connectivity index is 1.61. The number of rotatable bonds is 3. The monoisotopic (exact) mass is 272 g/mol. The van der Waals surface area contributed by atoms with Crippen LogP contribution < -0.4 is 4.74 Å². The molecule has 1 aromatic carbocycles. The highest BCUT2D eigenvalue weighted by Crippen LogP contribution is 2.62. The molecule has 2 saturated carbocycles. The minimum absolute atomic E-state index is 0.341. The molecule has 3 nitrogen and oxygen atoms in total. The summed E-state index contributed by atoms with van der Waals surface area (Å²) in [6, 6.07) is 8.12. The van der Waals surface area contributed by atoms with E-state index in [-0.39, 0.29) is 0 Å². The van der Waals surface area contributed by atoms with Gasteiger partial charge in [0.1, 0.15) is 5.75 Å². The summed E-state index contributed by atoms with van der Waals surface area (Å²) in [5, 5.41) is 9.75. The molecule has 2 aliphatic carbocycles. The molecule has 0 saturated heterocycles. The highest BCUT2D eigenvalue weighted by atomic mass is 16.5. The maximum Gasteiger partial charge on any atom is 0.309 e. The Morgan fingerprint density at radius 1 is 1.30 bits per heavy atom. The van der Waals surface area contributed by atoms with Crippen molar-refractivity contribution in [3.63, 3.8) is 0 Å². The highest BCUT2D eigenvalue weighted by molar-refractivity contribution is 5.75. The fraction of sp³-hybridized carbons (Fsp3) is 0.588. The van der Waals surface area contributed by atoms with Crippen molar-refractivity contribution in [2.24, 2.45) is 17.3 Å². The Bertz CT molecular complexity index is 541. The van der Waals surface area contributed by atoms with E-state index >= 15 is 0 Å². The van der Waals surface area contributed by atoms with Gasteiger partial charge in [-0.15, -0.1) is 0 Å². The number of fused-ring (bicyclic) bond motifs is 2. The first kappa shape index (κ1) is 12.2. The quantitative estimate of drug-likeness (QED) is 0.916. The fourth-order valence-electron chi connectivity index (χ4n) is 4.43. The van der Waals surface area contributed by atoms with Crippen LogP contribution in [0.4, 0.5) is 0 Å². The van der Waals surface area contributed by atoms with Gasteiger partial charge in [-0.05, 0) is 61.5 Å². The van der Waals surface area contributed by atoms with E-state index < -0.39 is 11.4 Å². The van der Waals surface area contributed by atoms with Crippen molar-refractivity contribution in [1.82, 2.24) is 0 Å². The number of carboxylic acids is 1. The average molecular weight is 272 g/mol. The summed E-state index contributed by atoms with van der Waals surface area (Å²) in [5.74, 6) is 2.11. The fourth-order valence-corrected chi connectivity index (χ4v) is 4.43. The van der Waals surface area contributed by atoms with Gasteiger partial charge in [-0.3, -0.25) is 4.79 Å². The number of para-hydroxylation sites is 1. The molecule has 3 unspecified atom stereocenters. The van der Waals surface area contributed by atoms with Crippen molar-refractivity contribution in [2.75, 3.05) is 6.61 Å². The topological polar surface area (TPSA) is 46.5 Å². The van der Waals surface area contributed by atoms with Crippen molar-refractivity contribution in [2.45, 2.75) is 38.0 Å². The minimum atomic E-state index is -0.575. The molecular weight excluding hydrogens is 252 g/mol. The molecule has 2 fully saturated rings. The minimum Gasteiger partial charge on any atom is -0.493 e. The summed E-state index contributed by atoms with van der Waals surface area (Å²) >= 11 is 0. The van der Waals surface area contributed by atoms with Crippen molar-refractivity contribution >= 4 is 5.97 Å². The number of aliphatic carboxylic acids is 1. The van der Waals surface area contributed by atoms with Gasteiger partial charge in [0.25, 0.3) is 0 Å². The van der Waals surface area contributed by atoms with Gasteiger partial charge in [-0.2, -0.15) is 0 Å². The lowest BCUT2D eigenvalue weighted by Gasteiger charge is -2.33. The smallest absolute Gasteiger partial charge is 0.309 e. The molecule has 20 heavy (non-hydrogen) atoms. The van der Waals surface area contributed by atoms with Crippen molar-refractivity contribution in [1.29, 1.82) is 0 Å². The van der Waals surface area contributed by atoms with Crippen LogP contribution in [0.3, 0.4) is 0 Å². The molecule has 1 aliphatic heterocycles. The van der Waals surface area contributed by atoms with E-state index in [1.54, 1.807) is 0 Å². The molecule has 3 aliphatic rings. The Hall–Kier alpha value is -1.51. The van der Waals surface area contributed by atoms with E-state index in [1.165, 1.54) is 12.0 Å². The second-order valence-electron chi connectivity index (χ2n) is 6.83. The van der Waals surface area contributed by atoms with Crippen LogP contribution in [0.1, 0.15) is 43.6 Å². The maximum atomic E-state index is 11.8. The van der Waals surface area contributed by atoms with Gasteiger partial charge < -0.3 is 9.84 Å². The van der Waals surface area contributed by atoms with Crippen LogP contribution in [0.5, 0.6) is 5.75 Å². The number of carboxylic acid groups (broad SMARTS) is 1. The zero-order valence-electron chi connectivity index (χ0n) is 11.5. The van der Waals surface area contributed by atoms with Crippen LogP contribution in [0.25, 0.3) is 0 Å². The Morgan fingerprint density at radius 3 is 2.80 bits per heavy atom. The molecule has 1 aromatic rings. The van der Waals surface area contributed by atoms with Crippen molar-refractivity contribution in [3.05, 3.63) is 29.8 Å². The first-order chi connectivity index (χ1) is 9.68. The van der Waals surface area contributed by atoms with Crippen LogP contribution in [0.15, 0.2) is 24.3 Å². The number of ether oxygens (including phenoxy) is 1. The zero-order chi connectivity index (χ0) is 13.7. The lowest BCUT2D eigenvalue weighted by atomic mass is 9.72. The van der Waals surface area contributed by atoms with E-state index in [9.17, 15) is 9.90 Å². The molecule has 3 atom stereocenters. The van der Waals surface area contributed by atoms with Crippen molar-refractivity contribution < 1.29 is 14.6 Å². The second-order valence-corrected chi connectivity index (χ2v) is 6.83. The molecule has 0 radical (unpaired) electrons. The molecule has 106 valence electrons. The first-order valence-corrected chi connectivity index (χ1v) is 7.63. The zero-order valence-corrected chi connectivity index (χ0v) is 11.5. The molecule has 0 aromatic heterocycles. The standard InChI is InChI=1S/C17H20O3/c18-16(19)17(9-12-7-13(12)10-17)8-11-5-6-20-15-4-2-1-3-14(11)15/h1-4,11-13H,5-10H2,(H,18,19). The summed E-state index contributed by atoms with van der Waals surface area (Å²) in [7, 11) is 0. The van der Waals surface area contributed by atoms with E-state index in [4.69, 9.17) is 4.74 Å². The summed E-state index contributed by atoms with van der Waals surface area (Å²) in [4.78, 5) is 11.8. The maximum absolute atomic E-state index is 11.8. The summed E-state index contributed by atoms with van der Waals surface area (Å²) in [6.07, 6.45) is 4.79. The summed E-state index contributed by atoms with van der Waals surface area (Å²) < 4.78 is 5.69. The molecule has 0 bridgehead atoms. The van der Waals surface area contributed by atoms with Crippen LogP contribution >= 0.6 is 0 Å². The van der Waals surface area contributed by atoms with Gasteiger partial charge in [0.05, 0.1) is 12.0 Å². The number of hydrogen-bond acceptors (Lipinski definition) is 2. The van der Waals surface area contributed by atoms with E-state index in [2.05, 4.69) is 6.07 Å². The van der Waals surface area contributed by atoms with Crippen LogP contribution in [0, 0.1) is 17.3 Å². The molecule has 0 spiro atoms. The Labute approximate surface area is 118 Å². The first-order valence-electron chi connectivity index (χ1n) is 7.63. The average Bonchev–Trinajstić information content (AvgIpc) is 3.07. The van der Waals surface area contributed by atoms with Gasteiger partial charge in [0, 0.05) is 0 Å². The predicted molar refractivity (Wildman–Crippen MR) is 74.8 cm³/mol. The molecule has 1 N–H and O–H groups in total. The third kappa shape index (κ3) is 1.83. The summed E-state index contributed by atoms with van der Waals surface area (Å²) in [5.41, 5.74) is 0.739. The lowest BCUT2D eigenvalue weighted by molar-refractivity contribution is -0.150. The van der Waals surface area contributed by atoms with Crippen LogP contribution in [-0.4, -0.2) is 17.7 Å². The number of benzene rings is 1. The van der Waals surface area contributed by atoms with E-state index in [0.29, 0.717) is 24.4 Å². The second kappa shape index (κ2) is 4.24. The predicted octanol–water partition coefficient (Wildman–Crippen LogP) is 3.44. The molecule has 4 rings (SSSR count). The van der Waals surface area contributed by atoms with E-state index in [0.717, 1.165) is 31.4 Å². The lowest BCUT2D eigenvalue weighted by Crippen LogP contribution is -2.32. The Kier molecular flexibility index (Phi) is 2.60. The van der Waals surface area contributed by atoms with Crippen molar-refractivity contribution in [3.8, 4) is 5.75 Å². The normalized spacial score (nSPS) is 37.7. The largest absolute Gasteiger partial charge is 0.493 e. The number of hydrogen-bond donors (Lipinski definition) is 1. The molecule has 0 amide bonds.